The molecule has 2 unspecified atom stereocenters. The maximum absolute atomic E-state index is 3.65. The minimum atomic E-state index is 0.502. The van der Waals surface area contributed by atoms with Crippen LogP contribution >= 0.6 is 27.7 Å². The predicted molar refractivity (Wildman–Crippen MR) is 71.3 cm³/mol. The molecule has 1 aromatic rings. The zero-order valence-electron chi connectivity index (χ0n) is 9.09. The van der Waals surface area contributed by atoms with Crippen LogP contribution in [-0.2, 0) is 5.75 Å². The molecular weight excluding hydrogens is 270 g/mol. The largest absolute Gasteiger partial charge is 0.313 e. The number of benzene rings is 1. The van der Waals surface area contributed by atoms with Gasteiger partial charge in [0.25, 0.3) is 0 Å². The first-order valence-electron chi connectivity index (χ1n) is 5.28. The Kier molecular flexibility index (Phi) is 3.75. The van der Waals surface area contributed by atoms with Crippen LogP contribution in [0.15, 0.2) is 22.7 Å². The molecule has 0 aromatic heterocycles. The summed E-state index contributed by atoms with van der Waals surface area (Å²) in [6, 6.07) is 7.03. The summed E-state index contributed by atoms with van der Waals surface area (Å²) in [7, 11) is 2.05. The summed E-state index contributed by atoms with van der Waals surface area (Å²) >= 11 is 5.70. The van der Waals surface area contributed by atoms with Crippen LogP contribution in [0.1, 0.15) is 30.5 Å². The van der Waals surface area contributed by atoms with E-state index in [2.05, 4.69) is 53.4 Å². The third-order valence-corrected chi connectivity index (χ3v) is 4.92. The van der Waals surface area contributed by atoms with Gasteiger partial charge in [-0.05, 0) is 30.7 Å². The van der Waals surface area contributed by atoms with Crippen molar-refractivity contribution in [3.8, 4) is 0 Å². The van der Waals surface area contributed by atoms with Gasteiger partial charge in [0.1, 0.15) is 0 Å². The molecule has 0 bridgehead atoms. The molecule has 1 N–H and O–H groups in total. The molecule has 0 aliphatic carbocycles. The lowest BCUT2D eigenvalue weighted by Gasteiger charge is -2.18. The van der Waals surface area contributed by atoms with Gasteiger partial charge in [-0.1, -0.05) is 35.0 Å². The Morgan fingerprint density at radius 1 is 1.47 bits per heavy atom. The van der Waals surface area contributed by atoms with Crippen molar-refractivity contribution in [1.29, 1.82) is 0 Å². The van der Waals surface area contributed by atoms with Gasteiger partial charge in [-0.2, -0.15) is 11.8 Å². The molecule has 82 valence electrons. The molecule has 0 spiro atoms. The van der Waals surface area contributed by atoms with Gasteiger partial charge in [0.05, 0.1) is 0 Å². The predicted octanol–water partition coefficient (Wildman–Crippen LogP) is 3.74. The van der Waals surface area contributed by atoms with Crippen molar-refractivity contribution in [2.24, 2.45) is 0 Å². The highest BCUT2D eigenvalue weighted by Crippen LogP contribution is 2.37. The monoisotopic (exact) mass is 285 g/mol. The Hall–Kier alpha value is 0.0100. The molecule has 3 heteroatoms. The summed E-state index contributed by atoms with van der Waals surface area (Å²) in [6.07, 6.45) is 1.21. The van der Waals surface area contributed by atoms with Crippen LogP contribution < -0.4 is 5.32 Å². The van der Waals surface area contributed by atoms with E-state index < -0.39 is 0 Å². The highest BCUT2D eigenvalue weighted by atomic mass is 79.9. The van der Waals surface area contributed by atoms with Crippen LogP contribution in [0.25, 0.3) is 0 Å². The minimum absolute atomic E-state index is 0.502. The van der Waals surface area contributed by atoms with E-state index in [4.69, 9.17) is 0 Å². The molecule has 1 aliphatic rings. The molecule has 0 saturated carbocycles. The quantitative estimate of drug-likeness (QED) is 0.844. The fourth-order valence-electron chi connectivity index (χ4n) is 2.08. The zero-order chi connectivity index (χ0) is 10.8. The van der Waals surface area contributed by atoms with E-state index in [0.717, 1.165) is 11.0 Å². The molecule has 1 nitrogen and oxygen atoms in total. The number of halogens is 1. The molecule has 0 saturated heterocycles. The molecule has 0 radical (unpaired) electrons. The maximum Gasteiger partial charge on any atom is 0.0331 e. The standard InChI is InChI=1S/C12H16BrNS/c1-8-6-12(14-2)9-4-3-5-11(13)10(9)7-15-8/h3-5,8,12,14H,6-7H2,1-2H3. The SMILES string of the molecule is CNC1CC(C)SCc2c(Br)cccc21. The van der Waals surface area contributed by atoms with Crippen LogP contribution in [0.4, 0.5) is 0 Å². The molecule has 1 aromatic carbocycles. The topological polar surface area (TPSA) is 12.0 Å². The van der Waals surface area contributed by atoms with Gasteiger partial charge in [-0.25, -0.2) is 0 Å². The highest BCUT2D eigenvalue weighted by molar-refractivity contribution is 9.10. The van der Waals surface area contributed by atoms with E-state index in [1.807, 2.05) is 11.8 Å². The fourth-order valence-corrected chi connectivity index (χ4v) is 3.89. The summed E-state index contributed by atoms with van der Waals surface area (Å²) in [5.41, 5.74) is 2.93. The van der Waals surface area contributed by atoms with Crippen LogP contribution in [0.3, 0.4) is 0 Å². The van der Waals surface area contributed by atoms with Crippen molar-refractivity contribution in [1.82, 2.24) is 5.32 Å². The van der Waals surface area contributed by atoms with Crippen LogP contribution in [0, 0.1) is 0 Å². The zero-order valence-corrected chi connectivity index (χ0v) is 11.5. The van der Waals surface area contributed by atoms with Gasteiger partial charge in [-0.15, -0.1) is 0 Å². The second-order valence-electron chi connectivity index (χ2n) is 4.01. The first-order chi connectivity index (χ1) is 7.22. The average molecular weight is 286 g/mol. The maximum atomic E-state index is 3.65. The average Bonchev–Trinajstić information content (AvgIpc) is 2.39. The van der Waals surface area contributed by atoms with E-state index >= 15 is 0 Å². The third kappa shape index (κ3) is 2.40. The third-order valence-electron chi connectivity index (χ3n) is 2.96. The Bertz CT molecular complexity index is 353. The molecule has 15 heavy (non-hydrogen) atoms. The molecule has 0 fully saturated rings. The van der Waals surface area contributed by atoms with Crippen molar-refractivity contribution in [2.45, 2.75) is 30.4 Å². The lowest BCUT2D eigenvalue weighted by molar-refractivity contribution is 0.549. The van der Waals surface area contributed by atoms with Gasteiger partial charge >= 0.3 is 0 Å². The van der Waals surface area contributed by atoms with Gasteiger partial charge in [0, 0.05) is 21.5 Å². The summed E-state index contributed by atoms with van der Waals surface area (Å²) in [4.78, 5) is 0. The van der Waals surface area contributed by atoms with E-state index in [1.165, 1.54) is 22.0 Å². The van der Waals surface area contributed by atoms with E-state index in [9.17, 15) is 0 Å². The Labute approximate surface area is 104 Å². The van der Waals surface area contributed by atoms with Crippen molar-refractivity contribution in [3.05, 3.63) is 33.8 Å². The number of hydrogen-bond donors (Lipinski definition) is 1. The van der Waals surface area contributed by atoms with Crippen LogP contribution in [-0.4, -0.2) is 12.3 Å². The highest BCUT2D eigenvalue weighted by Gasteiger charge is 2.22. The normalized spacial score (nSPS) is 25.8. The smallest absolute Gasteiger partial charge is 0.0331 e. The van der Waals surface area contributed by atoms with E-state index in [-0.39, 0.29) is 0 Å². The van der Waals surface area contributed by atoms with Crippen molar-refractivity contribution < 1.29 is 0 Å². The summed E-state index contributed by atoms with van der Waals surface area (Å²) in [5, 5.41) is 4.15. The summed E-state index contributed by atoms with van der Waals surface area (Å²) in [5.74, 6) is 1.12. The second-order valence-corrected chi connectivity index (χ2v) is 6.29. The number of rotatable bonds is 1. The van der Waals surface area contributed by atoms with Crippen molar-refractivity contribution in [3.63, 3.8) is 0 Å². The molecule has 1 heterocycles. The Morgan fingerprint density at radius 3 is 3.00 bits per heavy atom. The lowest BCUT2D eigenvalue weighted by Crippen LogP contribution is -2.19. The van der Waals surface area contributed by atoms with Gasteiger partial charge < -0.3 is 5.32 Å². The Morgan fingerprint density at radius 2 is 2.27 bits per heavy atom. The lowest BCUT2D eigenvalue weighted by atomic mass is 9.98. The minimum Gasteiger partial charge on any atom is -0.313 e. The molecular formula is C12H16BrNS. The molecule has 0 amide bonds. The van der Waals surface area contributed by atoms with E-state index in [0.29, 0.717) is 6.04 Å². The van der Waals surface area contributed by atoms with Gasteiger partial charge in [-0.3, -0.25) is 0 Å². The van der Waals surface area contributed by atoms with Crippen molar-refractivity contribution in [2.75, 3.05) is 7.05 Å². The number of hydrogen-bond acceptors (Lipinski definition) is 2. The van der Waals surface area contributed by atoms with Crippen LogP contribution in [0.2, 0.25) is 0 Å². The number of fused-ring (bicyclic) bond motifs is 1. The fraction of sp³-hybridized carbons (Fsp3) is 0.500. The number of thioether (sulfide) groups is 1. The molecule has 2 atom stereocenters. The van der Waals surface area contributed by atoms with E-state index in [1.54, 1.807) is 0 Å². The summed E-state index contributed by atoms with van der Waals surface area (Å²) < 4.78 is 1.25. The Balaban J connectivity index is 2.42. The molecule has 1 aliphatic heterocycles. The van der Waals surface area contributed by atoms with Gasteiger partial charge in [0.2, 0.25) is 0 Å². The van der Waals surface area contributed by atoms with Crippen LogP contribution in [0.5, 0.6) is 0 Å². The first kappa shape index (κ1) is 11.5. The number of nitrogens with one attached hydrogen (secondary N) is 1. The second kappa shape index (κ2) is 4.89. The summed E-state index contributed by atoms with van der Waals surface area (Å²) in [6.45, 7) is 2.31. The van der Waals surface area contributed by atoms with Gasteiger partial charge in [0.15, 0.2) is 0 Å². The first-order valence-corrected chi connectivity index (χ1v) is 7.12. The molecule has 2 rings (SSSR count). The van der Waals surface area contributed by atoms with Crippen molar-refractivity contribution >= 4 is 27.7 Å².